The highest BCUT2D eigenvalue weighted by Gasteiger charge is 2.21. The molecule has 0 aliphatic carbocycles. The first-order chi connectivity index (χ1) is 9.12. The van der Waals surface area contributed by atoms with Gasteiger partial charge in [-0.25, -0.2) is 0 Å². The van der Waals surface area contributed by atoms with E-state index in [0.29, 0.717) is 19.0 Å². The van der Waals surface area contributed by atoms with E-state index in [0.717, 1.165) is 11.3 Å². The van der Waals surface area contributed by atoms with Crippen molar-refractivity contribution in [2.24, 2.45) is 5.92 Å². The Bertz CT molecular complexity index is 409. The van der Waals surface area contributed by atoms with E-state index >= 15 is 0 Å². The second kappa shape index (κ2) is 7.78. The van der Waals surface area contributed by atoms with Crippen molar-refractivity contribution in [3.63, 3.8) is 0 Å². The van der Waals surface area contributed by atoms with Crippen LogP contribution in [0, 0.1) is 17.2 Å². The van der Waals surface area contributed by atoms with Crippen LogP contribution in [0.1, 0.15) is 19.4 Å². The smallest absolute Gasteiger partial charge is 0.118 e. The van der Waals surface area contributed by atoms with E-state index in [1.165, 1.54) is 0 Å². The Morgan fingerprint density at radius 2 is 1.95 bits per heavy atom. The third kappa shape index (κ3) is 4.55. The lowest BCUT2D eigenvalue weighted by atomic mass is 10.0. The quantitative estimate of drug-likeness (QED) is 0.764. The Morgan fingerprint density at radius 3 is 2.37 bits per heavy atom. The molecular formula is C15H22N2O2. The molecule has 1 atom stereocenters. The van der Waals surface area contributed by atoms with Crippen molar-refractivity contribution in [1.82, 2.24) is 4.90 Å². The molecule has 0 aliphatic rings. The highest BCUT2D eigenvalue weighted by Crippen LogP contribution is 2.17. The molecule has 4 heteroatoms. The summed E-state index contributed by atoms with van der Waals surface area (Å²) >= 11 is 0. The van der Waals surface area contributed by atoms with Crippen LogP contribution in [0.3, 0.4) is 0 Å². The summed E-state index contributed by atoms with van der Waals surface area (Å²) in [5, 5.41) is 18.4. The Balaban J connectivity index is 2.79. The molecular weight excluding hydrogens is 240 g/mol. The van der Waals surface area contributed by atoms with Crippen LogP contribution >= 0.6 is 0 Å². The first-order valence-electron chi connectivity index (χ1n) is 6.47. The maximum atomic E-state index is 9.48. The molecule has 0 aromatic heterocycles. The number of aliphatic hydroxyl groups excluding tert-OH is 1. The number of nitrogens with zero attached hydrogens (tertiary/aromatic N) is 2. The average Bonchev–Trinajstić information content (AvgIpc) is 2.40. The molecule has 0 bridgehead atoms. The lowest BCUT2D eigenvalue weighted by Crippen LogP contribution is -2.41. The molecule has 0 radical (unpaired) electrons. The van der Waals surface area contributed by atoms with Gasteiger partial charge in [-0.05, 0) is 23.6 Å². The van der Waals surface area contributed by atoms with Crippen LogP contribution < -0.4 is 4.74 Å². The molecule has 0 saturated carbocycles. The van der Waals surface area contributed by atoms with Crippen LogP contribution in [0.2, 0.25) is 0 Å². The van der Waals surface area contributed by atoms with Gasteiger partial charge in [-0.2, -0.15) is 5.26 Å². The van der Waals surface area contributed by atoms with Gasteiger partial charge in [0.15, 0.2) is 0 Å². The minimum absolute atomic E-state index is 0.00162. The second-order valence-electron chi connectivity index (χ2n) is 4.91. The zero-order chi connectivity index (χ0) is 14.3. The first kappa shape index (κ1) is 15.5. The Kier molecular flexibility index (Phi) is 6.34. The van der Waals surface area contributed by atoms with E-state index in [1.807, 2.05) is 29.2 Å². The van der Waals surface area contributed by atoms with Gasteiger partial charge in [0, 0.05) is 12.6 Å². The van der Waals surface area contributed by atoms with Crippen molar-refractivity contribution >= 4 is 0 Å². The van der Waals surface area contributed by atoms with Gasteiger partial charge in [-0.3, -0.25) is 4.90 Å². The number of hydrogen-bond donors (Lipinski definition) is 1. The minimum Gasteiger partial charge on any atom is -0.497 e. The van der Waals surface area contributed by atoms with E-state index in [2.05, 4.69) is 19.9 Å². The van der Waals surface area contributed by atoms with Crippen molar-refractivity contribution in [3.05, 3.63) is 29.8 Å². The largest absolute Gasteiger partial charge is 0.497 e. The molecule has 1 aromatic rings. The van der Waals surface area contributed by atoms with Crippen molar-refractivity contribution in [2.45, 2.75) is 26.4 Å². The normalized spacial score (nSPS) is 12.5. The predicted molar refractivity (Wildman–Crippen MR) is 74.7 cm³/mol. The van der Waals surface area contributed by atoms with Crippen molar-refractivity contribution in [2.75, 3.05) is 20.3 Å². The molecule has 1 rings (SSSR count). The Morgan fingerprint density at radius 1 is 1.32 bits per heavy atom. The van der Waals surface area contributed by atoms with E-state index in [4.69, 9.17) is 10.00 Å². The summed E-state index contributed by atoms with van der Waals surface area (Å²) in [4.78, 5) is 2.01. The average molecular weight is 262 g/mol. The number of ether oxygens (including phenoxy) is 1. The van der Waals surface area contributed by atoms with Crippen LogP contribution in [-0.2, 0) is 6.54 Å². The molecule has 0 heterocycles. The standard InChI is InChI=1S/C15H22N2O2/c1-12(2)15(11-18)17(9-8-16)10-13-4-6-14(19-3)7-5-13/h4-7,12,15,18H,9-11H2,1-3H3/t15-/m1/s1. The molecule has 1 aromatic carbocycles. The van der Waals surface area contributed by atoms with Crippen molar-refractivity contribution in [1.29, 1.82) is 5.26 Å². The highest BCUT2D eigenvalue weighted by atomic mass is 16.5. The van der Waals surface area contributed by atoms with Gasteiger partial charge in [-0.15, -0.1) is 0 Å². The summed E-state index contributed by atoms with van der Waals surface area (Å²) < 4.78 is 5.12. The highest BCUT2D eigenvalue weighted by molar-refractivity contribution is 5.27. The lowest BCUT2D eigenvalue weighted by Gasteiger charge is -2.31. The minimum atomic E-state index is 0.00162. The maximum absolute atomic E-state index is 9.48. The second-order valence-corrected chi connectivity index (χ2v) is 4.91. The monoisotopic (exact) mass is 262 g/mol. The zero-order valence-electron chi connectivity index (χ0n) is 11.8. The third-order valence-corrected chi connectivity index (χ3v) is 3.24. The molecule has 0 spiro atoms. The van der Waals surface area contributed by atoms with E-state index in [1.54, 1.807) is 7.11 Å². The predicted octanol–water partition coefficient (Wildman–Crippen LogP) is 2.04. The lowest BCUT2D eigenvalue weighted by molar-refractivity contribution is 0.0963. The van der Waals surface area contributed by atoms with E-state index in [9.17, 15) is 5.11 Å². The molecule has 0 aliphatic heterocycles. The molecule has 0 saturated heterocycles. The fraction of sp³-hybridized carbons (Fsp3) is 0.533. The molecule has 0 amide bonds. The number of methoxy groups -OCH3 is 1. The molecule has 0 unspecified atom stereocenters. The molecule has 4 nitrogen and oxygen atoms in total. The Labute approximate surface area is 115 Å². The van der Waals surface area contributed by atoms with Gasteiger partial charge in [-0.1, -0.05) is 26.0 Å². The van der Waals surface area contributed by atoms with Gasteiger partial charge in [0.2, 0.25) is 0 Å². The fourth-order valence-electron chi connectivity index (χ4n) is 2.09. The van der Waals surface area contributed by atoms with Crippen LogP contribution in [0.25, 0.3) is 0 Å². The summed E-state index contributed by atoms with van der Waals surface area (Å²) in [6.07, 6.45) is 0. The number of benzene rings is 1. The summed E-state index contributed by atoms with van der Waals surface area (Å²) in [5.74, 6) is 1.12. The summed E-state index contributed by atoms with van der Waals surface area (Å²) in [7, 11) is 1.64. The number of rotatable bonds is 7. The van der Waals surface area contributed by atoms with Gasteiger partial charge < -0.3 is 9.84 Å². The van der Waals surface area contributed by atoms with Crippen LogP contribution in [0.5, 0.6) is 5.75 Å². The van der Waals surface area contributed by atoms with Gasteiger partial charge >= 0.3 is 0 Å². The number of nitriles is 1. The SMILES string of the molecule is COc1ccc(CN(CC#N)[C@H](CO)C(C)C)cc1. The zero-order valence-corrected chi connectivity index (χ0v) is 11.8. The molecule has 104 valence electrons. The van der Waals surface area contributed by atoms with E-state index < -0.39 is 0 Å². The number of hydrogen-bond acceptors (Lipinski definition) is 4. The summed E-state index contributed by atoms with van der Waals surface area (Å²) in [6.45, 7) is 5.14. The summed E-state index contributed by atoms with van der Waals surface area (Å²) in [6, 6.07) is 9.95. The van der Waals surface area contributed by atoms with Crippen LogP contribution in [0.15, 0.2) is 24.3 Å². The van der Waals surface area contributed by atoms with Gasteiger partial charge in [0.05, 0.1) is 26.3 Å². The molecule has 1 N–H and O–H groups in total. The van der Waals surface area contributed by atoms with Gasteiger partial charge in [0.1, 0.15) is 5.75 Å². The third-order valence-electron chi connectivity index (χ3n) is 3.24. The fourth-order valence-corrected chi connectivity index (χ4v) is 2.09. The van der Waals surface area contributed by atoms with Crippen molar-refractivity contribution < 1.29 is 9.84 Å². The summed E-state index contributed by atoms with van der Waals surface area (Å²) in [5.41, 5.74) is 1.11. The van der Waals surface area contributed by atoms with Crippen molar-refractivity contribution in [3.8, 4) is 11.8 Å². The molecule has 19 heavy (non-hydrogen) atoms. The molecule has 0 fully saturated rings. The van der Waals surface area contributed by atoms with Gasteiger partial charge in [0.25, 0.3) is 0 Å². The van der Waals surface area contributed by atoms with E-state index in [-0.39, 0.29) is 12.6 Å². The van der Waals surface area contributed by atoms with Crippen LogP contribution in [0.4, 0.5) is 0 Å². The van der Waals surface area contributed by atoms with Crippen LogP contribution in [-0.4, -0.2) is 36.3 Å². The Hall–Kier alpha value is -1.57. The number of aliphatic hydroxyl groups is 1. The first-order valence-corrected chi connectivity index (χ1v) is 6.47. The maximum Gasteiger partial charge on any atom is 0.118 e. The topological polar surface area (TPSA) is 56.5 Å².